The molecule has 4 nitrogen and oxygen atoms in total. The summed E-state index contributed by atoms with van der Waals surface area (Å²) in [5, 5.41) is 9.49. The normalized spacial score (nSPS) is 17.8. The van der Waals surface area contributed by atoms with Crippen LogP contribution in [-0.4, -0.2) is 29.3 Å². The van der Waals surface area contributed by atoms with Crippen LogP contribution in [0.2, 0.25) is 0 Å². The van der Waals surface area contributed by atoms with Gasteiger partial charge in [-0.05, 0) is 18.2 Å². The van der Waals surface area contributed by atoms with E-state index < -0.39 is 11.7 Å². The van der Waals surface area contributed by atoms with E-state index in [2.05, 4.69) is 25.8 Å². The van der Waals surface area contributed by atoms with Crippen molar-refractivity contribution in [3.8, 4) is 5.88 Å². The van der Waals surface area contributed by atoms with Crippen molar-refractivity contribution in [3.63, 3.8) is 0 Å². The topological polar surface area (TPSA) is 45.6 Å². The molecule has 1 fully saturated rings. The van der Waals surface area contributed by atoms with E-state index in [1.54, 1.807) is 0 Å². The SMILES string of the molecule is OCc1ccc(Br)cc1N1CCC(Oc2ccc(C(F)(F)F)cn2)C1. The highest BCUT2D eigenvalue weighted by atomic mass is 79.9. The molecule has 1 unspecified atom stereocenters. The van der Waals surface area contributed by atoms with E-state index in [1.165, 1.54) is 6.07 Å². The average molecular weight is 417 g/mol. The Morgan fingerprint density at radius 1 is 1.28 bits per heavy atom. The quantitative estimate of drug-likeness (QED) is 0.817. The number of aliphatic hydroxyl groups excluding tert-OH is 1. The van der Waals surface area contributed by atoms with E-state index in [-0.39, 0.29) is 18.6 Å². The molecule has 0 bridgehead atoms. The van der Waals surface area contributed by atoms with E-state index in [0.29, 0.717) is 6.54 Å². The van der Waals surface area contributed by atoms with Crippen molar-refractivity contribution in [2.45, 2.75) is 25.3 Å². The maximum Gasteiger partial charge on any atom is 0.417 e. The Labute approximate surface area is 151 Å². The number of halogens is 4. The molecule has 2 heterocycles. The predicted molar refractivity (Wildman–Crippen MR) is 90.5 cm³/mol. The number of hydrogen-bond acceptors (Lipinski definition) is 4. The minimum atomic E-state index is -4.41. The molecule has 1 aliphatic heterocycles. The van der Waals surface area contributed by atoms with Crippen LogP contribution in [0.3, 0.4) is 0 Å². The largest absolute Gasteiger partial charge is 0.472 e. The molecular weight excluding hydrogens is 401 g/mol. The highest BCUT2D eigenvalue weighted by molar-refractivity contribution is 9.10. The van der Waals surface area contributed by atoms with Crippen LogP contribution in [0.25, 0.3) is 0 Å². The van der Waals surface area contributed by atoms with Crippen molar-refractivity contribution in [1.29, 1.82) is 0 Å². The zero-order chi connectivity index (χ0) is 18.0. The lowest BCUT2D eigenvalue weighted by molar-refractivity contribution is -0.137. The molecule has 0 aliphatic carbocycles. The molecule has 8 heteroatoms. The predicted octanol–water partition coefficient (Wildman–Crippen LogP) is 4.01. The van der Waals surface area contributed by atoms with Crippen molar-refractivity contribution >= 4 is 21.6 Å². The summed E-state index contributed by atoms with van der Waals surface area (Å²) in [4.78, 5) is 5.83. The van der Waals surface area contributed by atoms with Gasteiger partial charge in [0, 0.05) is 41.0 Å². The number of aromatic nitrogens is 1. The van der Waals surface area contributed by atoms with Gasteiger partial charge in [-0.15, -0.1) is 0 Å². The molecule has 3 rings (SSSR count). The Morgan fingerprint density at radius 3 is 2.72 bits per heavy atom. The van der Waals surface area contributed by atoms with Crippen molar-refractivity contribution < 1.29 is 23.0 Å². The van der Waals surface area contributed by atoms with Crippen molar-refractivity contribution in [1.82, 2.24) is 4.98 Å². The molecule has 1 N–H and O–H groups in total. The summed E-state index contributed by atoms with van der Waals surface area (Å²) in [5.74, 6) is 0.177. The Kier molecular flexibility index (Phi) is 5.19. The highest BCUT2D eigenvalue weighted by Gasteiger charge is 2.31. The van der Waals surface area contributed by atoms with Crippen LogP contribution < -0.4 is 9.64 Å². The number of nitrogens with zero attached hydrogens (tertiary/aromatic N) is 2. The van der Waals surface area contributed by atoms with Crippen LogP contribution in [-0.2, 0) is 12.8 Å². The Balaban J connectivity index is 1.66. The second-order valence-corrected chi connectivity index (χ2v) is 6.70. The summed E-state index contributed by atoms with van der Waals surface area (Å²) in [5.41, 5.74) is 0.939. The fourth-order valence-corrected chi connectivity index (χ4v) is 3.15. The fourth-order valence-electron chi connectivity index (χ4n) is 2.80. The molecule has 1 saturated heterocycles. The zero-order valence-corrected chi connectivity index (χ0v) is 14.7. The molecule has 0 spiro atoms. The molecule has 0 amide bonds. The van der Waals surface area contributed by atoms with Gasteiger partial charge in [-0.25, -0.2) is 4.98 Å². The van der Waals surface area contributed by atoms with Gasteiger partial charge in [-0.1, -0.05) is 22.0 Å². The number of anilines is 1. The summed E-state index contributed by atoms with van der Waals surface area (Å²) in [6, 6.07) is 7.86. The third-order valence-electron chi connectivity index (χ3n) is 4.05. The average Bonchev–Trinajstić information content (AvgIpc) is 3.03. The number of ether oxygens (including phenoxy) is 1. The lowest BCUT2D eigenvalue weighted by atomic mass is 10.2. The number of hydrogen-bond donors (Lipinski definition) is 1. The Morgan fingerprint density at radius 2 is 2.08 bits per heavy atom. The second-order valence-electron chi connectivity index (χ2n) is 5.79. The van der Waals surface area contributed by atoms with Crippen LogP contribution in [0.15, 0.2) is 41.0 Å². The fraction of sp³-hybridized carbons (Fsp3) is 0.353. The Bertz CT molecular complexity index is 738. The number of benzene rings is 1. The van der Waals surface area contributed by atoms with E-state index in [0.717, 1.165) is 41.0 Å². The standard InChI is InChI=1S/C17H16BrF3N2O2/c18-13-3-1-11(10-24)15(7-13)23-6-5-14(9-23)25-16-4-2-12(8-22-16)17(19,20)21/h1-4,7-8,14,24H,5-6,9-10H2. The molecule has 0 saturated carbocycles. The second kappa shape index (κ2) is 7.21. The van der Waals surface area contributed by atoms with Crippen molar-refractivity contribution in [3.05, 3.63) is 52.1 Å². The van der Waals surface area contributed by atoms with Crippen LogP contribution in [0, 0.1) is 0 Å². The number of aliphatic hydroxyl groups is 1. The van der Waals surface area contributed by atoms with Crippen molar-refractivity contribution in [2.75, 3.05) is 18.0 Å². The molecule has 1 aliphatic rings. The Hall–Kier alpha value is -1.80. The number of pyridine rings is 1. The van der Waals surface area contributed by atoms with Gasteiger partial charge in [0.05, 0.1) is 18.7 Å². The maximum atomic E-state index is 12.6. The number of rotatable bonds is 4. The molecule has 2 aromatic rings. The summed E-state index contributed by atoms with van der Waals surface area (Å²) < 4.78 is 44.3. The van der Waals surface area contributed by atoms with Gasteiger partial charge in [0.2, 0.25) is 5.88 Å². The van der Waals surface area contributed by atoms with E-state index in [4.69, 9.17) is 4.74 Å². The van der Waals surface area contributed by atoms with Crippen LogP contribution >= 0.6 is 15.9 Å². The van der Waals surface area contributed by atoms with Crippen LogP contribution in [0.1, 0.15) is 17.5 Å². The first-order valence-electron chi connectivity index (χ1n) is 7.71. The minimum Gasteiger partial charge on any atom is -0.472 e. The first-order valence-corrected chi connectivity index (χ1v) is 8.50. The van der Waals surface area contributed by atoms with Gasteiger partial charge in [0.15, 0.2) is 0 Å². The lowest BCUT2D eigenvalue weighted by Crippen LogP contribution is -2.25. The first kappa shape index (κ1) is 18.0. The van der Waals surface area contributed by atoms with Gasteiger partial charge in [-0.3, -0.25) is 0 Å². The van der Waals surface area contributed by atoms with Gasteiger partial charge in [0.25, 0.3) is 0 Å². The van der Waals surface area contributed by atoms with E-state index in [1.807, 2.05) is 18.2 Å². The maximum absolute atomic E-state index is 12.6. The molecule has 134 valence electrons. The summed E-state index contributed by atoms with van der Waals surface area (Å²) in [7, 11) is 0. The van der Waals surface area contributed by atoms with Gasteiger partial charge in [0.1, 0.15) is 6.10 Å². The lowest BCUT2D eigenvalue weighted by Gasteiger charge is -2.22. The summed E-state index contributed by atoms with van der Waals surface area (Å²) in [6.07, 6.45) is -3.08. The molecular formula is C17H16BrF3N2O2. The van der Waals surface area contributed by atoms with Crippen LogP contribution in [0.5, 0.6) is 5.88 Å². The molecule has 25 heavy (non-hydrogen) atoms. The monoisotopic (exact) mass is 416 g/mol. The van der Waals surface area contributed by atoms with Gasteiger partial charge < -0.3 is 14.7 Å². The van der Waals surface area contributed by atoms with Crippen LogP contribution in [0.4, 0.5) is 18.9 Å². The van der Waals surface area contributed by atoms with E-state index >= 15 is 0 Å². The summed E-state index contributed by atoms with van der Waals surface area (Å²) >= 11 is 3.42. The molecule has 1 atom stereocenters. The summed E-state index contributed by atoms with van der Waals surface area (Å²) in [6.45, 7) is 1.24. The number of alkyl halides is 3. The van der Waals surface area contributed by atoms with Gasteiger partial charge >= 0.3 is 6.18 Å². The van der Waals surface area contributed by atoms with E-state index in [9.17, 15) is 18.3 Å². The van der Waals surface area contributed by atoms with Gasteiger partial charge in [-0.2, -0.15) is 13.2 Å². The third-order valence-corrected chi connectivity index (χ3v) is 4.55. The third kappa shape index (κ3) is 4.24. The molecule has 1 aromatic heterocycles. The first-order chi connectivity index (χ1) is 11.9. The molecule has 1 aromatic carbocycles. The van der Waals surface area contributed by atoms with Crippen molar-refractivity contribution in [2.24, 2.45) is 0 Å². The smallest absolute Gasteiger partial charge is 0.417 e. The molecule has 0 radical (unpaired) electrons. The zero-order valence-electron chi connectivity index (χ0n) is 13.1. The highest BCUT2D eigenvalue weighted by Crippen LogP contribution is 2.31. The minimum absolute atomic E-state index is 0.0644.